The number of hydrogen-bond donors (Lipinski definition) is 1. The maximum atomic E-state index is 12.6. The lowest BCUT2D eigenvalue weighted by Crippen LogP contribution is -2.54. The number of nitrogens with zero attached hydrogens (tertiary/aromatic N) is 1. The lowest BCUT2D eigenvalue weighted by Gasteiger charge is -2.54. The summed E-state index contributed by atoms with van der Waals surface area (Å²) in [4.78, 5) is 12.6. The van der Waals surface area contributed by atoms with Crippen LogP contribution in [0.1, 0.15) is 45.6 Å². The molecular weight excluding hydrogens is 298 g/mol. The molecular formula is C21H25NO2. The van der Waals surface area contributed by atoms with E-state index in [-0.39, 0.29) is 22.7 Å². The van der Waals surface area contributed by atoms with E-state index in [1.54, 1.807) is 0 Å². The molecule has 0 bridgehead atoms. The van der Waals surface area contributed by atoms with Crippen LogP contribution in [0.2, 0.25) is 0 Å². The van der Waals surface area contributed by atoms with E-state index in [2.05, 4.69) is 13.0 Å². The van der Waals surface area contributed by atoms with Crippen molar-refractivity contribution < 1.29 is 9.90 Å². The largest absolute Gasteiger partial charge is 0.390 e. The molecule has 1 saturated carbocycles. The number of aliphatic hydroxyl groups is 1. The molecule has 3 nitrogen and oxygen atoms in total. The Morgan fingerprint density at radius 1 is 1.25 bits per heavy atom. The predicted octanol–water partition coefficient (Wildman–Crippen LogP) is 3.83. The average Bonchev–Trinajstić information content (AvgIpc) is 2.51. The molecule has 2 unspecified atom stereocenters. The first kappa shape index (κ1) is 16.9. The highest BCUT2D eigenvalue weighted by Gasteiger charge is 2.56. The van der Waals surface area contributed by atoms with E-state index in [4.69, 9.17) is 0 Å². The van der Waals surface area contributed by atoms with Crippen LogP contribution in [0, 0.1) is 28.1 Å². The van der Waals surface area contributed by atoms with Crippen molar-refractivity contribution in [2.45, 2.75) is 52.1 Å². The van der Waals surface area contributed by atoms with Crippen molar-refractivity contribution in [1.29, 1.82) is 5.26 Å². The van der Waals surface area contributed by atoms with Gasteiger partial charge >= 0.3 is 0 Å². The van der Waals surface area contributed by atoms with E-state index in [1.807, 2.05) is 50.3 Å². The number of carbonyl (C=O) groups is 1. The molecule has 3 rings (SSSR count). The van der Waals surface area contributed by atoms with Gasteiger partial charge in [0.2, 0.25) is 0 Å². The molecule has 2 aliphatic rings. The molecule has 2 aliphatic carbocycles. The number of Topliss-reactive ketones (excluding diaryl/α,β-unsaturated/α-hetero) is 1. The second kappa shape index (κ2) is 5.57. The van der Waals surface area contributed by atoms with Gasteiger partial charge in [-0.25, -0.2) is 0 Å². The number of benzene rings is 1. The minimum absolute atomic E-state index is 0.0547. The van der Waals surface area contributed by atoms with Gasteiger partial charge in [0.15, 0.2) is 5.78 Å². The number of hydrogen-bond acceptors (Lipinski definition) is 3. The normalized spacial score (nSPS) is 34.9. The van der Waals surface area contributed by atoms with Gasteiger partial charge in [0.25, 0.3) is 0 Å². The number of allylic oxidation sites excluding steroid dienone is 2. The first-order chi connectivity index (χ1) is 11.2. The van der Waals surface area contributed by atoms with Crippen molar-refractivity contribution in [3.05, 3.63) is 47.5 Å². The Kier molecular flexibility index (Phi) is 3.92. The van der Waals surface area contributed by atoms with Crippen LogP contribution in [0.5, 0.6) is 0 Å². The van der Waals surface area contributed by atoms with Crippen LogP contribution in [-0.4, -0.2) is 16.5 Å². The molecule has 3 atom stereocenters. The smallest absolute Gasteiger partial charge is 0.178 e. The fourth-order valence-corrected chi connectivity index (χ4v) is 5.11. The Labute approximate surface area is 144 Å². The first-order valence-corrected chi connectivity index (χ1v) is 8.64. The van der Waals surface area contributed by atoms with Gasteiger partial charge in [-0.3, -0.25) is 4.79 Å². The van der Waals surface area contributed by atoms with E-state index < -0.39 is 11.0 Å². The third-order valence-electron chi connectivity index (χ3n) is 6.08. The summed E-state index contributed by atoms with van der Waals surface area (Å²) in [7, 11) is 0. The van der Waals surface area contributed by atoms with Crippen molar-refractivity contribution in [2.24, 2.45) is 16.7 Å². The van der Waals surface area contributed by atoms with Crippen LogP contribution in [0.4, 0.5) is 0 Å². The molecule has 0 heterocycles. The molecule has 0 aromatic heterocycles. The number of fused-ring (bicyclic) bond motifs is 1. The zero-order valence-corrected chi connectivity index (χ0v) is 14.7. The standard InChI is InChI=1S/C21H25NO2/c1-19(2)17-9-10-21(24,11-15-7-5-4-6-8-15)14-20(17,3)12-16(13-22)18(19)23/h4-8,12,17,24H,9-11,14H2,1-3H3/t17?,20?,21-/m1/s1. The highest BCUT2D eigenvalue weighted by atomic mass is 16.3. The molecule has 126 valence electrons. The quantitative estimate of drug-likeness (QED) is 0.900. The van der Waals surface area contributed by atoms with E-state index in [9.17, 15) is 15.2 Å². The Morgan fingerprint density at radius 2 is 1.92 bits per heavy atom. The molecule has 1 aromatic carbocycles. The summed E-state index contributed by atoms with van der Waals surface area (Å²) < 4.78 is 0. The second-order valence-electron chi connectivity index (χ2n) is 8.38. The van der Waals surface area contributed by atoms with Crippen molar-refractivity contribution in [3.8, 4) is 6.07 Å². The van der Waals surface area contributed by atoms with Crippen LogP contribution in [0.3, 0.4) is 0 Å². The highest BCUT2D eigenvalue weighted by molar-refractivity contribution is 6.04. The highest BCUT2D eigenvalue weighted by Crippen LogP contribution is 2.57. The van der Waals surface area contributed by atoms with Gasteiger partial charge in [0, 0.05) is 11.8 Å². The summed E-state index contributed by atoms with van der Waals surface area (Å²) in [5, 5.41) is 20.6. The summed E-state index contributed by atoms with van der Waals surface area (Å²) in [5.41, 5.74) is -0.298. The number of nitriles is 1. The molecule has 0 aliphatic heterocycles. The van der Waals surface area contributed by atoms with Gasteiger partial charge in [-0.2, -0.15) is 5.26 Å². The predicted molar refractivity (Wildman–Crippen MR) is 93.0 cm³/mol. The molecule has 3 heteroatoms. The van der Waals surface area contributed by atoms with E-state index in [1.165, 1.54) is 0 Å². The summed E-state index contributed by atoms with van der Waals surface area (Å²) in [6.45, 7) is 5.99. The minimum Gasteiger partial charge on any atom is -0.390 e. The zero-order chi connectivity index (χ0) is 17.6. The van der Waals surface area contributed by atoms with E-state index in [0.29, 0.717) is 19.3 Å². The van der Waals surface area contributed by atoms with Crippen LogP contribution in [-0.2, 0) is 11.2 Å². The van der Waals surface area contributed by atoms with Gasteiger partial charge < -0.3 is 5.11 Å². The molecule has 1 aromatic rings. The molecule has 1 fully saturated rings. The molecule has 1 N–H and O–H groups in total. The molecule has 0 saturated heterocycles. The van der Waals surface area contributed by atoms with E-state index in [0.717, 1.165) is 12.0 Å². The van der Waals surface area contributed by atoms with Crippen molar-refractivity contribution in [2.75, 3.05) is 0 Å². The van der Waals surface area contributed by atoms with E-state index >= 15 is 0 Å². The van der Waals surface area contributed by atoms with Crippen molar-refractivity contribution >= 4 is 5.78 Å². The SMILES string of the molecule is CC12C=C(C#N)C(=O)C(C)(C)C1CC[C@@](O)(Cc1ccccc1)C2. The van der Waals surface area contributed by atoms with Crippen LogP contribution < -0.4 is 0 Å². The monoisotopic (exact) mass is 323 g/mol. The third kappa shape index (κ3) is 2.70. The van der Waals surface area contributed by atoms with Crippen molar-refractivity contribution in [3.63, 3.8) is 0 Å². The van der Waals surface area contributed by atoms with Gasteiger partial charge in [-0.1, -0.05) is 57.2 Å². The number of rotatable bonds is 2. The number of ketones is 1. The van der Waals surface area contributed by atoms with Gasteiger partial charge in [-0.15, -0.1) is 0 Å². The summed E-state index contributed by atoms with van der Waals surface area (Å²) in [5.74, 6) is 0.103. The summed E-state index contributed by atoms with van der Waals surface area (Å²) in [6.07, 6.45) is 4.52. The van der Waals surface area contributed by atoms with Crippen LogP contribution >= 0.6 is 0 Å². The Balaban J connectivity index is 1.94. The third-order valence-corrected chi connectivity index (χ3v) is 6.08. The molecule has 0 spiro atoms. The second-order valence-corrected chi connectivity index (χ2v) is 8.38. The van der Waals surface area contributed by atoms with Crippen molar-refractivity contribution in [1.82, 2.24) is 0 Å². The molecule has 0 radical (unpaired) electrons. The Bertz CT molecular complexity index is 728. The van der Waals surface area contributed by atoms with Gasteiger partial charge in [0.05, 0.1) is 11.2 Å². The summed E-state index contributed by atoms with van der Waals surface area (Å²) >= 11 is 0. The lowest BCUT2D eigenvalue weighted by molar-refractivity contribution is -0.137. The number of carbonyl (C=O) groups excluding carboxylic acids is 1. The van der Waals surface area contributed by atoms with Gasteiger partial charge in [-0.05, 0) is 36.2 Å². The first-order valence-electron chi connectivity index (χ1n) is 8.64. The summed E-state index contributed by atoms with van der Waals surface area (Å²) in [6, 6.07) is 12.1. The Morgan fingerprint density at radius 3 is 2.54 bits per heavy atom. The fourth-order valence-electron chi connectivity index (χ4n) is 5.11. The maximum absolute atomic E-state index is 12.6. The molecule has 24 heavy (non-hydrogen) atoms. The maximum Gasteiger partial charge on any atom is 0.178 e. The average molecular weight is 323 g/mol. The fraction of sp³-hybridized carbons (Fsp3) is 0.524. The Hall–Kier alpha value is -1.92. The van der Waals surface area contributed by atoms with Gasteiger partial charge in [0.1, 0.15) is 6.07 Å². The van der Waals surface area contributed by atoms with Crippen LogP contribution in [0.15, 0.2) is 42.0 Å². The topological polar surface area (TPSA) is 61.1 Å². The zero-order valence-electron chi connectivity index (χ0n) is 14.7. The molecule has 0 amide bonds. The minimum atomic E-state index is -0.792. The van der Waals surface area contributed by atoms with Crippen LogP contribution in [0.25, 0.3) is 0 Å². The lowest BCUT2D eigenvalue weighted by atomic mass is 9.50.